The minimum Gasteiger partial charge on any atom is -0.468 e. The molecule has 0 aliphatic rings. The van der Waals surface area contributed by atoms with E-state index in [1.807, 2.05) is 60.7 Å². The van der Waals surface area contributed by atoms with Gasteiger partial charge in [-0.05, 0) is 30.4 Å². The van der Waals surface area contributed by atoms with Gasteiger partial charge in [0.1, 0.15) is 23.4 Å². The quantitative estimate of drug-likeness (QED) is 0.384. The van der Waals surface area contributed by atoms with Crippen LogP contribution in [0.25, 0.3) is 0 Å². The lowest BCUT2D eigenvalue weighted by Crippen LogP contribution is -2.29. The lowest BCUT2D eigenvalue weighted by Gasteiger charge is -2.15. The molecule has 0 aromatic heterocycles. The highest BCUT2D eigenvalue weighted by atomic mass is 16.5. The molecule has 2 aromatic rings. The van der Waals surface area contributed by atoms with Gasteiger partial charge in [-0.1, -0.05) is 60.7 Å². The molecule has 2 unspecified atom stereocenters. The van der Waals surface area contributed by atoms with Crippen LogP contribution < -0.4 is 0 Å². The zero-order valence-electron chi connectivity index (χ0n) is 17.9. The van der Waals surface area contributed by atoms with Crippen LogP contribution in [0.1, 0.15) is 30.4 Å². The summed E-state index contributed by atoms with van der Waals surface area (Å²) in [5.41, 5.74) is 1.71. The van der Waals surface area contributed by atoms with Crippen molar-refractivity contribution in [2.24, 2.45) is 11.8 Å². The number of hydrogen-bond donors (Lipinski definition) is 0. The average Bonchev–Trinajstić information content (AvgIpc) is 2.81. The SMILES string of the molecule is COC(=O)C(Cc1ccccc1)C(=O)CCCC(=O)C(Cc1ccccc1)C(=O)OC. The second-order valence-electron chi connectivity index (χ2n) is 7.32. The van der Waals surface area contributed by atoms with Gasteiger partial charge >= 0.3 is 11.9 Å². The molecule has 0 N–H and O–H groups in total. The monoisotopic (exact) mass is 424 g/mol. The standard InChI is InChI=1S/C25H28O6/c1-30-24(28)20(16-18-10-5-3-6-11-18)22(26)14-9-15-23(27)21(25(29)31-2)17-19-12-7-4-8-13-19/h3-8,10-13,20-21H,9,14-17H2,1-2H3. The third kappa shape index (κ3) is 7.48. The second kappa shape index (κ2) is 12.4. The number of ether oxygens (including phenoxy) is 2. The molecule has 2 rings (SSSR count). The third-order valence-electron chi connectivity index (χ3n) is 5.16. The van der Waals surface area contributed by atoms with E-state index in [4.69, 9.17) is 9.47 Å². The number of ketones is 2. The summed E-state index contributed by atoms with van der Waals surface area (Å²) in [5, 5.41) is 0. The average molecular weight is 424 g/mol. The molecule has 31 heavy (non-hydrogen) atoms. The molecule has 0 spiro atoms. The van der Waals surface area contributed by atoms with Crippen LogP contribution in [0.5, 0.6) is 0 Å². The molecular weight excluding hydrogens is 396 g/mol. The van der Waals surface area contributed by atoms with Gasteiger partial charge < -0.3 is 9.47 Å². The van der Waals surface area contributed by atoms with Crippen molar-refractivity contribution in [1.29, 1.82) is 0 Å². The molecule has 0 heterocycles. The van der Waals surface area contributed by atoms with Crippen LogP contribution in [0.15, 0.2) is 60.7 Å². The normalized spacial score (nSPS) is 12.5. The van der Waals surface area contributed by atoms with Crippen molar-refractivity contribution in [3.05, 3.63) is 71.8 Å². The van der Waals surface area contributed by atoms with Crippen LogP contribution in [-0.2, 0) is 41.5 Å². The number of esters is 2. The topological polar surface area (TPSA) is 86.7 Å². The lowest BCUT2D eigenvalue weighted by atomic mass is 9.89. The fourth-order valence-electron chi connectivity index (χ4n) is 3.43. The number of hydrogen-bond acceptors (Lipinski definition) is 6. The van der Waals surface area contributed by atoms with Gasteiger partial charge in [-0.3, -0.25) is 19.2 Å². The fraction of sp³-hybridized carbons (Fsp3) is 0.360. The maximum Gasteiger partial charge on any atom is 0.316 e. The molecule has 6 heteroatoms. The van der Waals surface area contributed by atoms with Crippen LogP contribution in [0.2, 0.25) is 0 Å². The summed E-state index contributed by atoms with van der Waals surface area (Å²) < 4.78 is 9.59. The molecular formula is C25H28O6. The molecule has 0 saturated heterocycles. The van der Waals surface area contributed by atoms with Crippen molar-refractivity contribution in [2.75, 3.05) is 14.2 Å². The number of benzene rings is 2. The highest BCUT2D eigenvalue weighted by molar-refractivity contribution is 6.01. The molecule has 2 aromatic carbocycles. The van der Waals surface area contributed by atoms with Crippen LogP contribution in [0, 0.1) is 11.8 Å². The van der Waals surface area contributed by atoms with E-state index in [0.717, 1.165) is 11.1 Å². The van der Waals surface area contributed by atoms with E-state index in [2.05, 4.69) is 0 Å². The first-order chi connectivity index (χ1) is 15.0. The van der Waals surface area contributed by atoms with Crippen LogP contribution in [0.4, 0.5) is 0 Å². The third-order valence-corrected chi connectivity index (χ3v) is 5.16. The van der Waals surface area contributed by atoms with Crippen LogP contribution in [0.3, 0.4) is 0 Å². The molecule has 0 fully saturated rings. The van der Waals surface area contributed by atoms with E-state index in [0.29, 0.717) is 0 Å². The molecule has 0 bridgehead atoms. The Morgan fingerprint density at radius 3 is 1.32 bits per heavy atom. The van der Waals surface area contributed by atoms with Crippen LogP contribution >= 0.6 is 0 Å². The predicted octanol–water partition coefficient (Wildman–Crippen LogP) is 3.36. The first kappa shape index (κ1) is 24.0. The minimum atomic E-state index is -0.914. The summed E-state index contributed by atoms with van der Waals surface area (Å²) in [4.78, 5) is 49.6. The van der Waals surface area contributed by atoms with E-state index in [1.165, 1.54) is 14.2 Å². The number of carbonyl (C=O) groups excluding carboxylic acids is 4. The highest BCUT2D eigenvalue weighted by Crippen LogP contribution is 2.18. The summed E-state index contributed by atoms with van der Waals surface area (Å²) >= 11 is 0. The van der Waals surface area contributed by atoms with E-state index in [9.17, 15) is 19.2 Å². The van der Waals surface area contributed by atoms with Gasteiger partial charge in [0.25, 0.3) is 0 Å². The van der Waals surface area contributed by atoms with E-state index in [1.54, 1.807) is 0 Å². The highest BCUT2D eigenvalue weighted by Gasteiger charge is 2.30. The van der Waals surface area contributed by atoms with Crippen LogP contribution in [-0.4, -0.2) is 37.7 Å². The van der Waals surface area contributed by atoms with Gasteiger partial charge in [0.15, 0.2) is 0 Å². The Morgan fingerprint density at radius 1 is 0.645 bits per heavy atom. The largest absolute Gasteiger partial charge is 0.468 e. The molecule has 0 saturated carbocycles. The van der Waals surface area contributed by atoms with E-state index >= 15 is 0 Å². The minimum absolute atomic E-state index is 0.0531. The van der Waals surface area contributed by atoms with Gasteiger partial charge in [-0.25, -0.2) is 0 Å². The number of carbonyl (C=O) groups is 4. The second-order valence-corrected chi connectivity index (χ2v) is 7.32. The summed E-state index contributed by atoms with van der Waals surface area (Å²) in [6.07, 6.45) is 0.857. The summed E-state index contributed by atoms with van der Waals surface area (Å²) in [5.74, 6) is -3.55. The summed E-state index contributed by atoms with van der Waals surface area (Å²) in [6, 6.07) is 18.5. The summed E-state index contributed by atoms with van der Waals surface area (Å²) in [7, 11) is 2.50. The Bertz CT molecular complexity index is 802. The summed E-state index contributed by atoms with van der Waals surface area (Å²) in [6.45, 7) is 0. The molecule has 0 radical (unpaired) electrons. The molecule has 0 aliphatic carbocycles. The molecule has 0 aliphatic heterocycles. The Balaban J connectivity index is 1.96. The van der Waals surface area contributed by atoms with Crippen molar-refractivity contribution >= 4 is 23.5 Å². The lowest BCUT2D eigenvalue weighted by molar-refractivity contribution is -0.150. The van der Waals surface area contributed by atoms with Crippen molar-refractivity contribution in [2.45, 2.75) is 32.1 Å². The predicted molar refractivity (Wildman–Crippen MR) is 115 cm³/mol. The van der Waals surface area contributed by atoms with Gasteiger partial charge in [0.05, 0.1) is 14.2 Å². The number of methoxy groups -OCH3 is 2. The molecule has 6 nitrogen and oxygen atoms in total. The van der Waals surface area contributed by atoms with Gasteiger partial charge in [-0.2, -0.15) is 0 Å². The van der Waals surface area contributed by atoms with E-state index in [-0.39, 0.29) is 43.7 Å². The maximum atomic E-state index is 12.7. The van der Waals surface area contributed by atoms with Gasteiger partial charge in [0.2, 0.25) is 0 Å². The molecule has 2 atom stereocenters. The smallest absolute Gasteiger partial charge is 0.316 e. The van der Waals surface area contributed by atoms with Crippen molar-refractivity contribution < 1.29 is 28.7 Å². The Labute approximate surface area is 182 Å². The van der Waals surface area contributed by atoms with Gasteiger partial charge in [-0.15, -0.1) is 0 Å². The molecule has 164 valence electrons. The van der Waals surface area contributed by atoms with Crippen molar-refractivity contribution in [1.82, 2.24) is 0 Å². The van der Waals surface area contributed by atoms with Crippen molar-refractivity contribution in [3.8, 4) is 0 Å². The maximum absolute atomic E-state index is 12.7. The Kier molecular flexibility index (Phi) is 9.62. The number of rotatable bonds is 12. The van der Waals surface area contributed by atoms with Gasteiger partial charge in [0, 0.05) is 12.8 Å². The van der Waals surface area contributed by atoms with Crippen molar-refractivity contribution in [3.63, 3.8) is 0 Å². The molecule has 0 amide bonds. The first-order valence-corrected chi connectivity index (χ1v) is 10.2. The van der Waals surface area contributed by atoms with E-state index < -0.39 is 23.8 Å². The zero-order chi connectivity index (χ0) is 22.6. The Hall–Kier alpha value is -3.28. The number of Topliss-reactive ketones (excluding diaryl/α,β-unsaturated/α-hetero) is 2. The Morgan fingerprint density at radius 2 is 1.00 bits per heavy atom. The fourth-order valence-corrected chi connectivity index (χ4v) is 3.43. The zero-order valence-corrected chi connectivity index (χ0v) is 17.9. The first-order valence-electron chi connectivity index (χ1n) is 10.2.